The average molecular weight is 494 g/mol. The summed E-state index contributed by atoms with van der Waals surface area (Å²) in [5.41, 5.74) is -1.78. The summed E-state index contributed by atoms with van der Waals surface area (Å²) in [7, 11) is 0. The number of rotatable bonds is 6. The molecule has 1 saturated carbocycles. The zero-order valence-electron chi connectivity index (χ0n) is 17.7. The van der Waals surface area contributed by atoms with Gasteiger partial charge >= 0.3 is 11.9 Å². The van der Waals surface area contributed by atoms with Crippen molar-refractivity contribution in [2.24, 2.45) is 0 Å². The molecule has 0 heterocycles. The van der Waals surface area contributed by atoms with Gasteiger partial charge in [0.2, 0.25) is 5.75 Å². The Hall–Kier alpha value is -3.58. The highest BCUT2D eigenvalue weighted by Gasteiger charge is 2.33. The van der Waals surface area contributed by atoms with E-state index < -0.39 is 34.0 Å². The zero-order chi connectivity index (χ0) is 24.9. The number of alkyl halides is 3. The van der Waals surface area contributed by atoms with E-state index in [-0.39, 0.29) is 22.4 Å². The van der Waals surface area contributed by atoms with Crippen LogP contribution in [0.1, 0.15) is 43.2 Å². The standard InChI is InChI=1S/C23H19ClF3N3O4/c24-18-11-14(10-15(13-28)22(31)29-17-4-2-1-3-5-17)6-8-20(18)34-21-9-7-16(23(25,26)27)12-19(21)30(32)33/h6-12,17H,1-5H2,(H,29,31)/b15-10+. The molecule has 178 valence electrons. The predicted octanol–water partition coefficient (Wildman–Crippen LogP) is 6.42. The predicted molar refractivity (Wildman–Crippen MR) is 118 cm³/mol. The van der Waals surface area contributed by atoms with Crippen LogP contribution in [0.4, 0.5) is 18.9 Å². The third kappa shape index (κ3) is 6.26. The summed E-state index contributed by atoms with van der Waals surface area (Å²) in [5.74, 6) is -0.967. The lowest BCUT2D eigenvalue weighted by Gasteiger charge is -2.22. The minimum Gasteiger partial charge on any atom is -0.449 e. The Morgan fingerprint density at radius 1 is 1.18 bits per heavy atom. The highest BCUT2D eigenvalue weighted by atomic mass is 35.5. The highest BCUT2D eigenvalue weighted by molar-refractivity contribution is 6.32. The molecule has 0 radical (unpaired) electrons. The van der Waals surface area contributed by atoms with E-state index in [1.54, 1.807) is 0 Å². The van der Waals surface area contributed by atoms with Crippen LogP contribution in [0.25, 0.3) is 6.08 Å². The molecule has 0 atom stereocenters. The molecule has 0 aliphatic heterocycles. The second-order valence-electron chi connectivity index (χ2n) is 7.71. The number of halogens is 4. The molecule has 1 aliphatic rings. The van der Waals surface area contributed by atoms with Crippen LogP contribution < -0.4 is 10.1 Å². The van der Waals surface area contributed by atoms with Gasteiger partial charge in [-0.2, -0.15) is 18.4 Å². The molecule has 3 rings (SSSR count). The number of hydrogen-bond donors (Lipinski definition) is 1. The number of nitriles is 1. The zero-order valence-corrected chi connectivity index (χ0v) is 18.4. The molecule has 0 spiro atoms. The third-order valence-corrected chi connectivity index (χ3v) is 5.57. The Bertz CT molecular complexity index is 1170. The molecule has 0 aromatic heterocycles. The van der Waals surface area contributed by atoms with E-state index in [9.17, 15) is 33.3 Å². The van der Waals surface area contributed by atoms with Crippen molar-refractivity contribution in [3.63, 3.8) is 0 Å². The number of benzene rings is 2. The van der Waals surface area contributed by atoms with Crippen LogP contribution in [0, 0.1) is 21.4 Å². The molecular weight excluding hydrogens is 475 g/mol. The van der Waals surface area contributed by atoms with Gasteiger partial charge in [-0.25, -0.2) is 0 Å². The number of hydrogen-bond acceptors (Lipinski definition) is 5. The molecule has 1 amide bonds. The minimum atomic E-state index is -4.75. The second kappa shape index (κ2) is 10.6. The van der Waals surface area contributed by atoms with Crippen LogP contribution in [0.3, 0.4) is 0 Å². The molecular formula is C23H19ClF3N3O4. The lowest BCUT2D eigenvalue weighted by atomic mass is 9.95. The first-order valence-electron chi connectivity index (χ1n) is 10.3. The lowest BCUT2D eigenvalue weighted by molar-refractivity contribution is -0.385. The normalized spacial score (nSPS) is 14.9. The van der Waals surface area contributed by atoms with Crippen molar-refractivity contribution < 1.29 is 27.6 Å². The first-order valence-corrected chi connectivity index (χ1v) is 10.7. The Balaban J connectivity index is 1.80. The van der Waals surface area contributed by atoms with Gasteiger partial charge in [0, 0.05) is 12.1 Å². The van der Waals surface area contributed by atoms with Crippen LogP contribution in [0.5, 0.6) is 11.5 Å². The smallest absolute Gasteiger partial charge is 0.416 e. The molecule has 1 aliphatic carbocycles. The van der Waals surface area contributed by atoms with Crippen molar-refractivity contribution >= 4 is 29.3 Å². The molecule has 1 fully saturated rings. The van der Waals surface area contributed by atoms with Gasteiger partial charge in [0.1, 0.15) is 17.4 Å². The maximum atomic E-state index is 12.9. The number of carbonyl (C=O) groups is 1. The number of nitro groups is 1. The molecule has 7 nitrogen and oxygen atoms in total. The number of nitrogens with zero attached hydrogens (tertiary/aromatic N) is 2. The van der Waals surface area contributed by atoms with Crippen LogP contribution in [0.15, 0.2) is 42.0 Å². The van der Waals surface area contributed by atoms with Gasteiger partial charge in [0.15, 0.2) is 0 Å². The largest absolute Gasteiger partial charge is 0.449 e. The Morgan fingerprint density at radius 3 is 2.44 bits per heavy atom. The number of carbonyl (C=O) groups excluding carboxylic acids is 1. The molecule has 34 heavy (non-hydrogen) atoms. The van der Waals surface area contributed by atoms with Gasteiger partial charge in [0.05, 0.1) is 15.5 Å². The molecule has 2 aromatic carbocycles. The summed E-state index contributed by atoms with van der Waals surface area (Å²) < 4.78 is 44.0. The van der Waals surface area contributed by atoms with Gasteiger partial charge in [-0.3, -0.25) is 14.9 Å². The number of ether oxygens (including phenoxy) is 1. The number of nitrogens with one attached hydrogen (secondary N) is 1. The van der Waals surface area contributed by atoms with Crippen LogP contribution >= 0.6 is 11.6 Å². The van der Waals surface area contributed by atoms with Crippen molar-refractivity contribution in [1.29, 1.82) is 5.26 Å². The maximum Gasteiger partial charge on any atom is 0.416 e. The number of nitro benzene ring substituents is 1. The average Bonchev–Trinajstić information content (AvgIpc) is 2.79. The van der Waals surface area contributed by atoms with Gasteiger partial charge in [0.25, 0.3) is 5.91 Å². The summed E-state index contributed by atoms with van der Waals surface area (Å²) in [6, 6.07) is 7.94. The van der Waals surface area contributed by atoms with Crippen LogP contribution in [-0.4, -0.2) is 16.9 Å². The van der Waals surface area contributed by atoms with Gasteiger partial charge < -0.3 is 10.1 Å². The fourth-order valence-corrected chi connectivity index (χ4v) is 3.78. The Labute approximate surface area is 197 Å². The van der Waals surface area contributed by atoms with E-state index in [1.807, 2.05) is 6.07 Å². The monoisotopic (exact) mass is 493 g/mol. The first-order chi connectivity index (χ1) is 16.1. The first kappa shape index (κ1) is 25.1. The quantitative estimate of drug-likeness (QED) is 0.216. The second-order valence-corrected chi connectivity index (χ2v) is 8.11. The molecule has 2 aromatic rings. The molecule has 1 N–H and O–H groups in total. The van der Waals surface area contributed by atoms with Gasteiger partial charge in [-0.15, -0.1) is 0 Å². The molecule has 0 bridgehead atoms. The number of amides is 1. The van der Waals surface area contributed by atoms with Crippen molar-refractivity contribution in [3.8, 4) is 17.6 Å². The van der Waals surface area contributed by atoms with E-state index >= 15 is 0 Å². The molecule has 0 unspecified atom stereocenters. The third-order valence-electron chi connectivity index (χ3n) is 5.28. The van der Waals surface area contributed by atoms with E-state index in [1.165, 1.54) is 24.3 Å². The molecule has 11 heteroatoms. The minimum absolute atomic E-state index is 0.0204. The Kier molecular flexibility index (Phi) is 7.79. The van der Waals surface area contributed by atoms with Crippen LogP contribution in [-0.2, 0) is 11.0 Å². The van der Waals surface area contributed by atoms with E-state index in [0.717, 1.165) is 38.2 Å². The Morgan fingerprint density at radius 2 is 1.85 bits per heavy atom. The van der Waals surface area contributed by atoms with E-state index in [4.69, 9.17) is 16.3 Å². The van der Waals surface area contributed by atoms with Crippen molar-refractivity contribution in [1.82, 2.24) is 5.32 Å². The van der Waals surface area contributed by atoms with Crippen molar-refractivity contribution in [2.45, 2.75) is 44.3 Å². The van der Waals surface area contributed by atoms with E-state index in [2.05, 4.69) is 5.32 Å². The fraction of sp³-hybridized carbons (Fsp3) is 0.304. The summed E-state index contributed by atoms with van der Waals surface area (Å²) in [5, 5.41) is 23.5. The maximum absolute atomic E-state index is 12.9. The van der Waals surface area contributed by atoms with E-state index in [0.29, 0.717) is 17.7 Å². The SMILES string of the molecule is N#C/C(=C\c1ccc(Oc2ccc(C(F)(F)F)cc2[N+](=O)[O-])c(Cl)c1)C(=O)NC1CCCCC1. The lowest BCUT2D eigenvalue weighted by Crippen LogP contribution is -2.36. The van der Waals surface area contributed by atoms with Gasteiger partial charge in [-0.1, -0.05) is 36.9 Å². The van der Waals surface area contributed by atoms with Crippen molar-refractivity contribution in [2.75, 3.05) is 0 Å². The topological polar surface area (TPSA) is 105 Å². The van der Waals surface area contributed by atoms with Crippen molar-refractivity contribution in [3.05, 3.63) is 68.2 Å². The summed E-state index contributed by atoms with van der Waals surface area (Å²) in [4.78, 5) is 22.7. The van der Waals surface area contributed by atoms with Crippen LogP contribution in [0.2, 0.25) is 5.02 Å². The summed E-state index contributed by atoms with van der Waals surface area (Å²) in [6.07, 6.45) is 1.47. The fourth-order valence-electron chi connectivity index (χ4n) is 3.56. The van der Waals surface area contributed by atoms with Gasteiger partial charge in [-0.05, 0) is 48.7 Å². The summed E-state index contributed by atoms with van der Waals surface area (Å²) in [6.45, 7) is 0. The molecule has 0 saturated heterocycles. The highest BCUT2D eigenvalue weighted by Crippen LogP contribution is 2.39. The summed E-state index contributed by atoms with van der Waals surface area (Å²) >= 11 is 6.19.